The summed E-state index contributed by atoms with van der Waals surface area (Å²) in [6.07, 6.45) is 4.84. The van der Waals surface area contributed by atoms with Gasteiger partial charge in [0.15, 0.2) is 0 Å². The lowest BCUT2D eigenvalue weighted by atomic mass is 10.1. The number of piperazine rings is 1. The highest BCUT2D eigenvalue weighted by molar-refractivity contribution is 4.82. The minimum Gasteiger partial charge on any atom is -0.313 e. The molecule has 2 aliphatic heterocycles. The largest absolute Gasteiger partial charge is 0.313 e. The zero-order valence-corrected chi connectivity index (χ0v) is 11.5. The van der Waals surface area contributed by atoms with E-state index in [2.05, 4.69) is 34.1 Å². The Morgan fingerprint density at radius 2 is 1.88 bits per heavy atom. The van der Waals surface area contributed by atoms with E-state index >= 15 is 0 Å². The number of likely N-dealkylation sites (tertiary alicyclic amines) is 1. The Morgan fingerprint density at radius 1 is 1.12 bits per heavy atom. The SMILES string of the molecule is CN(C)CCN1CCNCC1N1CCCCC1. The van der Waals surface area contributed by atoms with Crippen molar-refractivity contribution in [1.29, 1.82) is 0 Å². The molecule has 2 saturated heterocycles. The smallest absolute Gasteiger partial charge is 0.0752 e. The molecule has 4 heteroatoms. The van der Waals surface area contributed by atoms with E-state index in [1.165, 1.54) is 52.0 Å². The van der Waals surface area contributed by atoms with Crippen molar-refractivity contribution >= 4 is 0 Å². The summed E-state index contributed by atoms with van der Waals surface area (Å²) in [5.41, 5.74) is 0. The quantitative estimate of drug-likeness (QED) is 0.761. The predicted octanol–water partition coefficient (Wildman–Crippen LogP) is 0.265. The Labute approximate surface area is 106 Å². The molecule has 1 unspecified atom stereocenters. The Kier molecular flexibility index (Phi) is 5.22. The van der Waals surface area contributed by atoms with Crippen LogP contribution in [0, 0.1) is 0 Å². The first-order valence-corrected chi connectivity index (χ1v) is 7.11. The maximum Gasteiger partial charge on any atom is 0.0752 e. The van der Waals surface area contributed by atoms with Gasteiger partial charge in [0.25, 0.3) is 0 Å². The standard InChI is InChI=1S/C13H28N4/c1-15(2)10-11-17-9-6-14-12-13(17)16-7-4-3-5-8-16/h13-14H,3-12H2,1-2H3. The highest BCUT2D eigenvalue weighted by Gasteiger charge is 2.28. The van der Waals surface area contributed by atoms with Crippen molar-refractivity contribution in [2.75, 3.05) is 59.9 Å². The van der Waals surface area contributed by atoms with Crippen LogP contribution >= 0.6 is 0 Å². The Bertz CT molecular complexity index is 213. The van der Waals surface area contributed by atoms with E-state index in [1.807, 2.05) is 0 Å². The summed E-state index contributed by atoms with van der Waals surface area (Å²) in [6.45, 7) is 8.47. The molecule has 17 heavy (non-hydrogen) atoms. The molecular formula is C13H28N4. The first kappa shape index (κ1) is 13.3. The van der Waals surface area contributed by atoms with Crippen molar-refractivity contribution in [3.05, 3.63) is 0 Å². The molecule has 1 N–H and O–H groups in total. The molecule has 0 bridgehead atoms. The number of nitrogens with one attached hydrogen (secondary N) is 1. The minimum atomic E-state index is 0.643. The van der Waals surface area contributed by atoms with Crippen LogP contribution in [0.3, 0.4) is 0 Å². The van der Waals surface area contributed by atoms with E-state index in [-0.39, 0.29) is 0 Å². The van der Waals surface area contributed by atoms with E-state index < -0.39 is 0 Å². The normalized spacial score (nSPS) is 28.8. The molecule has 0 aliphatic carbocycles. The summed E-state index contributed by atoms with van der Waals surface area (Å²) in [7, 11) is 4.33. The van der Waals surface area contributed by atoms with E-state index in [0.717, 1.165) is 13.1 Å². The van der Waals surface area contributed by atoms with Gasteiger partial charge in [0, 0.05) is 32.7 Å². The maximum absolute atomic E-state index is 3.55. The highest BCUT2D eigenvalue weighted by atomic mass is 15.4. The van der Waals surface area contributed by atoms with Gasteiger partial charge in [0.1, 0.15) is 0 Å². The second kappa shape index (κ2) is 6.69. The molecule has 0 saturated carbocycles. The lowest BCUT2D eigenvalue weighted by Crippen LogP contribution is -2.60. The van der Waals surface area contributed by atoms with Crippen LogP contribution in [-0.2, 0) is 0 Å². The average molecular weight is 240 g/mol. The van der Waals surface area contributed by atoms with Crippen LogP contribution in [0.25, 0.3) is 0 Å². The molecule has 0 radical (unpaired) electrons. The topological polar surface area (TPSA) is 21.8 Å². The molecule has 2 heterocycles. The van der Waals surface area contributed by atoms with Crippen LogP contribution in [0.1, 0.15) is 19.3 Å². The second-order valence-corrected chi connectivity index (χ2v) is 5.62. The number of nitrogens with zero attached hydrogens (tertiary/aromatic N) is 3. The van der Waals surface area contributed by atoms with Crippen molar-refractivity contribution in [2.24, 2.45) is 0 Å². The van der Waals surface area contributed by atoms with Crippen molar-refractivity contribution in [1.82, 2.24) is 20.0 Å². The van der Waals surface area contributed by atoms with E-state index in [1.54, 1.807) is 0 Å². The summed E-state index contributed by atoms with van der Waals surface area (Å²) in [6, 6.07) is 0. The summed E-state index contributed by atoms with van der Waals surface area (Å²) in [5, 5.41) is 3.55. The molecule has 0 amide bonds. The zero-order chi connectivity index (χ0) is 12.1. The molecule has 1 atom stereocenters. The summed E-state index contributed by atoms with van der Waals surface area (Å²) < 4.78 is 0. The fourth-order valence-corrected chi connectivity index (χ4v) is 2.90. The third kappa shape index (κ3) is 3.91. The number of likely N-dealkylation sites (N-methyl/N-ethyl adjacent to an activating group) is 1. The monoisotopic (exact) mass is 240 g/mol. The molecule has 0 aromatic rings. The van der Waals surface area contributed by atoms with E-state index in [0.29, 0.717) is 6.17 Å². The highest BCUT2D eigenvalue weighted by Crippen LogP contribution is 2.16. The lowest BCUT2D eigenvalue weighted by molar-refractivity contribution is 0.00982. The lowest BCUT2D eigenvalue weighted by Gasteiger charge is -2.44. The van der Waals surface area contributed by atoms with Gasteiger partial charge in [-0.2, -0.15) is 0 Å². The van der Waals surface area contributed by atoms with Crippen LogP contribution in [0.2, 0.25) is 0 Å². The summed E-state index contributed by atoms with van der Waals surface area (Å²) >= 11 is 0. The van der Waals surface area contributed by atoms with Gasteiger partial charge in [-0.3, -0.25) is 9.80 Å². The minimum absolute atomic E-state index is 0.643. The molecular weight excluding hydrogens is 212 g/mol. The molecule has 0 aromatic heterocycles. The fraction of sp³-hybridized carbons (Fsp3) is 1.00. The van der Waals surface area contributed by atoms with Gasteiger partial charge < -0.3 is 10.2 Å². The number of hydrogen-bond donors (Lipinski definition) is 1. The molecule has 2 rings (SSSR count). The first-order chi connectivity index (χ1) is 8.27. The van der Waals surface area contributed by atoms with Crippen molar-refractivity contribution in [3.8, 4) is 0 Å². The Balaban J connectivity index is 1.86. The summed E-state index contributed by atoms with van der Waals surface area (Å²) in [4.78, 5) is 7.64. The fourth-order valence-electron chi connectivity index (χ4n) is 2.90. The second-order valence-electron chi connectivity index (χ2n) is 5.62. The van der Waals surface area contributed by atoms with Crippen molar-refractivity contribution < 1.29 is 0 Å². The maximum atomic E-state index is 3.55. The predicted molar refractivity (Wildman–Crippen MR) is 72.2 cm³/mol. The molecule has 100 valence electrons. The number of hydrogen-bond acceptors (Lipinski definition) is 4. The summed E-state index contributed by atoms with van der Waals surface area (Å²) in [5.74, 6) is 0. The van der Waals surface area contributed by atoms with Gasteiger partial charge in [-0.25, -0.2) is 0 Å². The van der Waals surface area contributed by atoms with Crippen molar-refractivity contribution in [2.45, 2.75) is 25.4 Å². The Morgan fingerprint density at radius 3 is 2.59 bits per heavy atom. The van der Waals surface area contributed by atoms with Gasteiger partial charge in [0.05, 0.1) is 6.17 Å². The zero-order valence-electron chi connectivity index (χ0n) is 11.5. The van der Waals surface area contributed by atoms with E-state index in [4.69, 9.17) is 0 Å². The van der Waals surface area contributed by atoms with Crippen LogP contribution in [0.5, 0.6) is 0 Å². The van der Waals surface area contributed by atoms with Crippen LogP contribution in [0.15, 0.2) is 0 Å². The van der Waals surface area contributed by atoms with Crippen LogP contribution in [-0.4, -0.2) is 80.8 Å². The number of rotatable bonds is 4. The molecule has 2 aliphatic rings. The third-order valence-electron chi connectivity index (χ3n) is 3.97. The molecule has 0 aromatic carbocycles. The molecule has 0 spiro atoms. The molecule has 2 fully saturated rings. The van der Waals surface area contributed by atoms with E-state index in [9.17, 15) is 0 Å². The van der Waals surface area contributed by atoms with Gasteiger partial charge in [-0.1, -0.05) is 6.42 Å². The number of piperidine rings is 1. The Hall–Kier alpha value is -0.160. The van der Waals surface area contributed by atoms with Gasteiger partial charge >= 0.3 is 0 Å². The van der Waals surface area contributed by atoms with Gasteiger partial charge in [-0.15, -0.1) is 0 Å². The molecule has 4 nitrogen and oxygen atoms in total. The first-order valence-electron chi connectivity index (χ1n) is 7.11. The van der Waals surface area contributed by atoms with Gasteiger partial charge in [0.2, 0.25) is 0 Å². The van der Waals surface area contributed by atoms with Gasteiger partial charge in [-0.05, 0) is 40.0 Å². The van der Waals surface area contributed by atoms with Crippen LogP contribution < -0.4 is 5.32 Å². The average Bonchev–Trinajstić information content (AvgIpc) is 2.38. The van der Waals surface area contributed by atoms with Crippen molar-refractivity contribution in [3.63, 3.8) is 0 Å². The third-order valence-corrected chi connectivity index (χ3v) is 3.97. The van der Waals surface area contributed by atoms with Crippen LogP contribution in [0.4, 0.5) is 0 Å².